The van der Waals surface area contributed by atoms with Crippen LogP contribution in [-0.4, -0.2) is 27.0 Å². The first kappa shape index (κ1) is 19.5. The lowest BCUT2D eigenvalue weighted by molar-refractivity contribution is -0.114. The third-order valence-electron chi connectivity index (χ3n) is 4.74. The summed E-state index contributed by atoms with van der Waals surface area (Å²) in [6.45, 7) is 0. The summed E-state index contributed by atoms with van der Waals surface area (Å²) < 4.78 is 5.85. The van der Waals surface area contributed by atoms with Crippen LogP contribution >= 0.6 is 23.4 Å². The Hall–Kier alpha value is -3.42. The molecule has 0 saturated heterocycles. The van der Waals surface area contributed by atoms with E-state index in [0.29, 0.717) is 28.1 Å². The number of amides is 1. The molecule has 2 aromatic carbocycles. The number of nitrogens with zero attached hydrogens (tertiary/aromatic N) is 3. The minimum absolute atomic E-state index is 0.0220. The summed E-state index contributed by atoms with van der Waals surface area (Å²) in [6.07, 6.45) is 2.10. The van der Waals surface area contributed by atoms with E-state index in [4.69, 9.17) is 21.4 Å². The van der Waals surface area contributed by atoms with Crippen LogP contribution in [0.25, 0.3) is 17.4 Å². The maximum atomic E-state index is 12.6. The van der Waals surface area contributed by atoms with Crippen LogP contribution in [0.4, 0.5) is 0 Å². The van der Waals surface area contributed by atoms with E-state index in [0.717, 1.165) is 16.2 Å². The summed E-state index contributed by atoms with van der Waals surface area (Å²) in [7, 11) is 0. The van der Waals surface area contributed by atoms with Crippen molar-refractivity contribution in [2.24, 2.45) is 10.1 Å². The Bertz CT molecular complexity index is 1280. The number of furan rings is 1. The molecule has 1 aromatic heterocycles. The molecule has 0 aliphatic carbocycles. The molecule has 3 aromatic rings. The molecular formula is C23H15ClN4O2S. The number of benzene rings is 2. The number of aliphatic imine (C=N–C) groups is 1. The second kappa shape index (κ2) is 8.02. The van der Waals surface area contributed by atoms with Gasteiger partial charge in [0, 0.05) is 17.0 Å². The van der Waals surface area contributed by atoms with Crippen molar-refractivity contribution in [1.29, 1.82) is 5.41 Å². The average molecular weight is 447 g/mol. The number of nitrogens with one attached hydrogen (secondary N) is 1. The fourth-order valence-electron chi connectivity index (χ4n) is 3.21. The van der Waals surface area contributed by atoms with Gasteiger partial charge in [0.05, 0.1) is 5.57 Å². The minimum Gasteiger partial charge on any atom is -0.457 e. The van der Waals surface area contributed by atoms with E-state index in [9.17, 15) is 4.79 Å². The Morgan fingerprint density at radius 3 is 2.61 bits per heavy atom. The fraction of sp³-hybridized carbons (Fsp3) is 0.0435. The number of hydrazone groups is 1. The lowest BCUT2D eigenvalue weighted by Gasteiger charge is -2.19. The third-order valence-corrected chi connectivity index (χ3v) is 5.90. The van der Waals surface area contributed by atoms with Crippen molar-refractivity contribution in [3.63, 3.8) is 0 Å². The topological polar surface area (TPSA) is 82.0 Å². The SMILES string of the molecule is N=C1C(=Cc2ccc(-c3ccccc3)o2)C(=O)N=C2SC(Cc3ccc(Cl)cc3)=NN12. The molecule has 2 aliphatic rings. The summed E-state index contributed by atoms with van der Waals surface area (Å²) >= 11 is 7.23. The number of carbonyl (C=O) groups is 1. The highest BCUT2D eigenvalue weighted by molar-refractivity contribution is 8.26. The number of hydrogen-bond acceptors (Lipinski definition) is 5. The Balaban J connectivity index is 1.39. The molecule has 31 heavy (non-hydrogen) atoms. The summed E-state index contributed by atoms with van der Waals surface area (Å²) in [6, 6.07) is 20.8. The van der Waals surface area contributed by atoms with Crippen LogP contribution in [-0.2, 0) is 11.2 Å². The fourth-order valence-corrected chi connectivity index (χ4v) is 4.26. The van der Waals surface area contributed by atoms with Gasteiger partial charge in [0.15, 0.2) is 5.84 Å². The quantitative estimate of drug-likeness (QED) is 0.539. The average Bonchev–Trinajstić information content (AvgIpc) is 3.40. The van der Waals surface area contributed by atoms with Crippen LogP contribution in [0.2, 0.25) is 5.02 Å². The Kier molecular flexibility index (Phi) is 5.05. The standard InChI is InChI=1S/C23H15ClN4O2S/c24-16-8-6-14(7-9-16)12-20-27-28-21(25)18(22(29)26-23(28)31-20)13-17-10-11-19(30-17)15-4-2-1-3-5-15/h1-11,13,25H,12H2. The van der Waals surface area contributed by atoms with Gasteiger partial charge in [0.25, 0.3) is 5.91 Å². The Morgan fingerprint density at radius 2 is 1.84 bits per heavy atom. The maximum Gasteiger partial charge on any atom is 0.283 e. The van der Waals surface area contributed by atoms with Gasteiger partial charge >= 0.3 is 0 Å². The van der Waals surface area contributed by atoms with Crippen molar-refractivity contribution in [1.82, 2.24) is 5.01 Å². The van der Waals surface area contributed by atoms with E-state index in [2.05, 4.69) is 10.1 Å². The van der Waals surface area contributed by atoms with Crippen molar-refractivity contribution < 1.29 is 9.21 Å². The maximum absolute atomic E-state index is 12.6. The van der Waals surface area contributed by atoms with Crippen LogP contribution in [0.15, 0.2) is 86.8 Å². The van der Waals surface area contributed by atoms with Crippen molar-refractivity contribution in [2.45, 2.75) is 6.42 Å². The largest absolute Gasteiger partial charge is 0.457 e. The van der Waals surface area contributed by atoms with E-state index in [-0.39, 0.29) is 11.4 Å². The van der Waals surface area contributed by atoms with Gasteiger partial charge in [-0.2, -0.15) is 15.1 Å². The first-order valence-corrected chi connectivity index (χ1v) is 10.6. The predicted molar refractivity (Wildman–Crippen MR) is 124 cm³/mol. The van der Waals surface area contributed by atoms with Crippen LogP contribution in [0, 0.1) is 5.41 Å². The van der Waals surface area contributed by atoms with E-state index >= 15 is 0 Å². The molecule has 1 N–H and O–H groups in total. The molecule has 2 aliphatic heterocycles. The number of carbonyl (C=O) groups excluding carboxylic acids is 1. The van der Waals surface area contributed by atoms with Gasteiger partial charge in [0.1, 0.15) is 16.6 Å². The highest BCUT2D eigenvalue weighted by atomic mass is 35.5. The number of fused-ring (bicyclic) bond motifs is 1. The number of amidine groups is 2. The summed E-state index contributed by atoms with van der Waals surface area (Å²) in [5.74, 6) is 0.657. The van der Waals surface area contributed by atoms with Gasteiger partial charge in [-0.25, -0.2) is 0 Å². The normalized spacial score (nSPS) is 17.1. The first-order chi connectivity index (χ1) is 15.1. The molecule has 0 saturated carbocycles. The van der Waals surface area contributed by atoms with Gasteiger partial charge in [-0.15, -0.1) is 0 Å². The van der Waals surface area contributed by atoms with Crippen molar-refractivity contribution in [2.75, 3.05) is 0 Å². The monoisotopic (exact) mass is 446 g/mol. The highest BCUT2D eigenvalue weighted by Gasteiger charge is 2.35. The summed E-state index contributed by atoms with van der Waals surface area (Å²) in [4.78, 5) is 16.7. The molecule has 0 radical (unpaired) electrons. The molecule has 152 valence electrons. The zero-order valence-electron chi connectivity index (χ0n) is 16.1. The van der Waals surface area contributed by atoms with Crippen molar-refractivity contribution >= 4 is 51.4 Å². The molecular weight excluding hydrogens is 432 g/mol. The van der Waals surface area contributed by atoms with E-state index < -0.39 is 5.91 Å². The van der Waals surface area contributed by atoms with Crippen LogP contribution in [0.3, 0.4) is 0 Å². The highest BCUT2D eigenvalue weighted by Crippen LogP contribution is 2.30. The first-order valence-electron chi connectivity index (χ1n) is 9.45. The number of thioether (sulfide) groups is 1. The smallest absolute Gasteiger partial charge is 0.283 e. The van der Waals surface area contributed by atoms with Crippen LogP contribution < -0.4 is 0 Å². The zero-order chi connectivity index (χ0) is 21.4. The van der Waals surface area contributed by atoms with Crippen LogP contribution in [0.1, 0.15) is 11.3 Å². The molecule has 0 bridgehead atoms. The molecule has 6 nitrogen and oxygen atoms in total. The second-order valence-corrected chi connectivity index (χ2v) is 8.36. The lowest BCUT2D eigenvalue weighted by atomic mass is 10.1. The summed E-state index contributed by atoms with van der Waals surface area (Å²) in [5.41, 5.74) is 2.11. The Labute approximate surface area is 187 Å². The summed E-state index contributed by atoms with van der Waals surface area (Å²) in [5, 5.41) is 16.2. The molecule has 3 heterocycles. The van der Waals surface area contributed by atoms with E-state index in [1.165, 1.54) is 22.8 Å². The van der Waals surface area contributed by atoms with Gasteiger partial charge < -0.3 is 4.42 Å². The molecule has 0 unspecified atom stereocenters. The molecule has 1 amide bonds. The third kappa shape index (κ3) is 3.97. The lowest BCUT2D eigenvalue weighted by Crippen LogP contribution is -2.35. The zero-order valence-corrected chi connectivity index (χ0v) is 17.7. The van der Waals surface area contributed by atoms with Crippen LogP contribution in [0.5, 0.6) is 0 Å². The molecule has 0 atom stereocenters. The molecule has 5 rings (SSSR count). The van der Waals surface area contributed by atoms with Crippen molar-refractivity contribution in [3.8, 4) is 11.3 Å². The van der Waals surface area contributed by atoms with Gasteiger partial charge in [0.2, 0.25) is 5.17 Å². The Morgan fingerprint density at radius 1 is 1.06 bits per heavy atom. The molecule has 0 spiro atoms. The van der Waals surface area contributed by atoms with Gasteiger partial charge in [-0.3, -0.25) is 10.2 Å². The number of hydrogen-bond donors (Lipinski definition) is 1. The number of rotatable bonds is 4. The molecule has 0 fully saturated rings. The van der Waals surface area contributed by atoms with Gasteiger partial charge in [-0.05, 0) is 47.7 Å². The van der Waals surface area contributed by atoms with E-state index in [1.54, 1.807) is 6.07 Å². The van der Waals surface area contributed by atoms with E-state index in [1.807, 2.05) is 60.7 Å². The number of halogens is 1. The van der Waals surface area contributed by atoms with Gasteiger partial charge in [-0.1, -0.05) is 54.1 Å². The van der Waals surface area contributed by atoms with Crippen molar-refractivity contribution in [3.05, 3.63) is 88.6 Å². The predicted octanol–water partition coefficient (Wildman–Crippen LogP) is 5.46. The minimum atomic E-state index is -0.482. The molecule has 8 heteroatoms. The second-order valence-electron chi connectivity index (χ2n) is 6.89.